The molecule has 0 atom stereocenters. The van der Waals surface area contributed by atoms with Crippen LogP contribution in [0.3, 0.4) is 0 Å². The quantitative estimate of drug-likeness (QED) is 0.392. The summed E-state index contributed by atoms with van der Waals surface area (Å²) in [7, 11) is 0. The van der Waals surface area contributed by atoms with E-state index in [4.69, 9.17) is 11.2 Å². The average Bonchev–Trinajstić information content (AvgIpc) is 1.81. The van der Waals surface area contributed by atoms with Gasteiger partial charge in [-0.15, -0.1) is 6.42 Å². The van der Waals surface area contributed by atoms with E-state index < -0.39 is 0 Å². The summed E-state index contributed by atoms with van der Waals surface area (Å²) in [6.07, 6.45) is 8.36. The fraction of sp³-hybridized carbons (Fsp3) is 0.429. The summed E-state index contributed by atoms with van der Waals surface area (Å²) in [6, 6.07) is 0. The fourth-order valence-electron chi connectivity index (χ4n) is 0.302. The summed E-state index contributed by atoms with van der Waals surface area (Å²) >= 11 is 0. The lowest BCUT2D eigenvalue weighted by atomic mass is 10.5. The molecule has 0 radical (unpaired) electrons. The highest BCUT2D eigenvalue weighted by Crippen LogP contribution is 1.73. The van der Waals surface area contributed by atoms with Crippen LogP contribution in [0.25, 0.3) is 0 Å². The van der Waals surface area contributed by atoms with Crippen LogP contribution in [0.15, 0.2) is 12.2 Å². The van der Waals surface area contributed by atoms with E-state index in [0.717, 1.165) is 6.61 Å². The second-order valence-corrected chi connectivity index (χ2v) is 1.23. The van der Waals surface area contributed by atoms with Crippen LogP contribution in [-0.2, 0) is 4.74 Å². The highest BCUT2D eigenvalue weighted by Gasteiger charge is 1.71. The van der Waals surface area contributed by atoms with Gasteiger partial charge in [-0.1, -0.05) is 12.0 Å². The summed E-state index contributed by atoms with van der Waals surface area (Å²) in [5.74, 6) is 2.37. The standard InChI is InChI=1S/C7H10O/c1-3-5-6-7-8-4-2/h1,5-6H,4,7H2,2H3/b6-5+. The molecular weight excluding hydrogens is 100 g/mol. The van der Waals surface area contributed by atoms with Gasteiger partial charge >= 0.3 is 0 Å². The Morgan fingerprint density at radius 2 is 2.50 bits per heavy atom. The van der Waals surface area contributed by atoms with Gasteiger partial charge < -0.3 is 4.74 Å². The molecule has 8 heavy (non-hydrogen) atoms. The first-order valence-electron chi connectivity index (χ1n) is 2.60. The van der Waals surface area contributed by atoms with E-state index in [0.29, 0.717) is 6.61 Å². The Bertz CT molecular complexity index is 97.4. The average molecular weight is 110 g/mol. The molecule has 0 aliphatic heterocycles. The Labute approximate surface area is 50.4 Å². The largest absolute Gasteiger partial charge is 0.378 e. The second kappa shape index (κ2) is 6.26. The predicted molar refractivity (Wildman–Crippen MR) is 34.5 cm³/mol. The molecule has 0 fully saturated rings. The smallest absolute Gasteiger partial charge is 0.0656 e. The molecule has 1 nitrogen and oxygen atoms in total. The molecule has 0 saturated carbocycles. The van der Waals surface area contributed by atoms with Crippen molar-refractivity contribution in [2.24, 2.45) is 0 Å². The van der Waals surface area contributed by atoms with Crippen LogP contribution in [0.5, 0.6) is 0 Å². The van der Waals surface area contributed by atoms with Crippen molar-refractivity contribution in [2.75, 3.05) is 13.2 Å². The molecule has 0 amide bonds. The molecule has 1 heteroatoms. The number of rotatable bonds is 3. The summed E-state index contributed by atoms with van der Waals surface area (Å²) in [5.41, 5.74) is 0. The molecule has 0 aliphatic rings. The minimum absolute atomic E-state index is 0.626. The number of terminal acetylenes is 1. The first-order valence-corrected chi connectivity index (χ1v) is 2.60. The highest BCUT2D eigenvalue weighted by molar-refractivity contribution is 5.08. The van der Waals surface area contributed by atoms with Gasteiger partial charge in [0, 0.05) is 6.61 Å². The van der Waals surface area contributed by atoms with Gasteiger partial charge in [-0.3, -0.25) is 0 Å². The summed E-state index contributed by atoms with van der Waals surface area (Å²) in [6.45, 7) is 3.32. The Morgan fingerprint density at radius 3 is 3.00 bits per heavy atom. The molecule has 0 spiro atoms. The molecule has 0 saturated heterocycles. The van der Waals surface area contributed by atoms with Gasteiger partial charge in [0.05, 0.1) is 6.61 Å². The van der Waals surface area contributed by atoms with Crippen LogP contribution >= 0.6 is 0 Å². The molecule has 0 N–H and O–H groups in total. The number of allylic oxidation sites excluding steroid dienone is 1. The van der Waals surface area contributed by atoms with E-state index in [-0.39, 0.29) is 0 Å². The van der Waals surface area contributed by atoms with Crippen molar-refractivity contribution in [1.29, 1.82) is 0 Å². The topological polar surface area (TPSA) is 9.23 Å². The van der Waals surface area contributed by atoms with Crippen molar-refractivity contribution in [2.45, 2.75) is 6.92 Å². The van der Waals surface area contributed by atoms with Gasteiger partial charge in [-0.05, 0) is 13.0 Å². The molecule has 0 aliphatic carbocycles. The van der Waals surface area contributed by atoms with E-state index >= 15 is 0 Å². The Hall–Kier alpha value is -0.740. The lowest BCUT2D eigenvalue weighted by Gasteiger charge is -1.89. The Balaban J connectivity index is 2.94. The zero-order valence-electron chi connectivity index (χ0n) is 5.05. The SMILES string of the molecule is C#C/C=C/COCC. The molecule has 0 aromatic rings. The van der Waals surface area contributed by atoms with Crippen molar-refractivity contribution >= 4 is 0 Å². The lowest BCUT2D eigenvalue weighted by Crippen LogP contribution is -1.87. The predicted octanol–water partition coefficient (Wildman–Crippen LogP) is 1.21. The third-order valence-electron chi connectivity index (χ3n) is 0.632. The molecule has 0 aromatic heterocycles. The van der Waals surface area contributed by atoms with Crippen LogP contribution < -0.4 is 0 Å². The third-order valence-corrected chi connectivity index (χ3v) is 0.632. The normalized spacial score (nSPS) is 9.50. The molecular formula is C7H10O. The van der Waals surface area contributed by atoms with Gasteiger partial charge in [0.1, 0.15) is 0 Å². The van der Waals surface area contributed by atoms with Gasteiger partial charge in [0.25, 0.3) is 0 Å². The molecule has 0 heterocycles. The van der Waals surface area contributed by atoms with Crippen LogP contribution in [0.4, 0.5) is 0 Å². The minimum atomic E-state index is 0.626. The maximum Gasteiger partial charge on any atom is 0.0656 e. The van der Waals surface area contributed by atoms with Crippen LogP contribution in [0.2, 0.25) is 0 Å². The van der Waals surface area contributed by atoms with Crippen LogP contribution in [0, 0.1) is 12.3 Å². The van der Waals surface area contributed by atoms with E-state index in [2.05, 4.69) is 5.92 Å². The monoisotopic (exact) mass is 110 g/mol. The highest BCUT2D eigenvalue weighted by atomic mass is 16.5. The molecule has 0 rings (SSSR count). The lowest BCUT2D eigenvalue weighted by molar-refractivity contribution is 0.177. The van der Waals surface area contributed by atoms with Crippen molar-refractivity contribution in [1.82, 2.24) is 0 Å². The number of ether oxygens (including phenoxy) is 1. The van der Waals surface area contributed by atoms with Crippen molar-refractivity contribution in [3.05, 3.63) is 12.2 Å². The molecule has 0 unspecified atom stereocenters. The maximum absolute atomic E-state index is 4.95. The fourth-order valence-corrected chi connectivity index (χ4v) is 0.302. The van der Waals surface area contributed by atoms with Gasteiger partial charge in [-0.25, -0.2) is 0 Å². The first-order chi connectivity index (χ1) is 3.91. The van der Waals surface area contributed by atoms with Crippen LogP contribution in [0.1, 0.15) is 6.92 Å². The molecule has 0 aromatic carbocycles. The summed E-state index contributed by atoms with van der Waals surface area (Å²) in [4.78, 5) is 0. The van der Waals surface area contributed by atoms with E-state index in [1.807, 2.05) is 13.0 Å². The van der Waals surface area contributed by atoms with Crippen LogP contribution in [-0.4, -0.2) is 13.2 Å². The van der Waals surface area contributed by atoms with Crippen molar-refractivity contribution in [3.8, 4) is 12.3 Å². The van der Waals surface area contributed by atoms with Crippen molar-refractivity contribution < 1.29 is 4.74 Å². The first kappa shape index (κ1) is 7.26. The third kappa shape index (κ3) is 5.26. The summed E-state index contributed by atoms with van der Waals surface area (Å²) in [5, 5.41) is 0. The van der Waals surface area contributed by atoms with Gasteiger partial charge in [0.2, 0.25) is 0 Å². The molecule has 0 bridgehead atoms. The zero-order chi connectivity index (χ0) is 6.24. The second-order valence-electron chi connectivity index (χ2n) is 1.23. The Morgan fingerprint density at radius 1 is 1.75 bits per heavy atom. The molecule has 44 valence electrons. The number of hydrogen-bond donors (Lipinski definition) is 0. The summed E-state index contributed by atoms with van der Waals surface area (Å²) < 4.78 is 4.95. The van der Waals surface area contributed by atoms with Crippen molar-refractivity contribution in [3.63, 3.8) is 0 Å². The Kier molecular flexibility index (Phi) is 5.68. The van der Waals surface area contributed by atoms with Gasteiger partial charge in [-0.2, -0.15) is 0 Å². The van der Waals surface area contributed by atoms with E-state index in [1.165, 1.54) is 0 Å². The van der Waals surface area contributed by atoms with E-state index in [9.17, 15) is 0 Å². The maximum atomic E-state index is 4.95. The zero-order valence-corrected chi connectivity index (χ0v) is 5.05. The number of hydrogen-bond acceptors (Lipinski definition) is 1. The minimum Gasteiger partial charge on any atom is -0.378 e. The van der Waals surface area contributed by atoms with E-state index in [1.54, 1.807) is 6.08 Å². The van der Waals surface area contributed by atoms with Gasteiger partial charge in [0.15, 0.2) is 0 Å².